The summed E-state index contributed by atoms with van der Waals surface area (Å²) >= 11 is 0. The van der Waals surface area contributed by atoms with E-state index in [1.54, 1.807) is 6.20 Å². The van der Waals surface area contributed by atoms with E-state index in [1.807, 2.05) is 20.8 Å². The molecule has 20 heavy (non-hydrogen) atoms. The Bertz CT molecular complexity index is 910. The van der Waals surface area contributed by atoms with Crippen molar-refractivity contribution in [2.75, 3.05) is 12.0 Å². The number of hydrogen-bond acceptors (Lipinski definition) is 4. The highest BCUT2D eigenvalue weighted by Crippen LogP contribution is 2.08. The van der Waals surface area contributed by atoms with Crippen LogP contribution >= 0.6 is 0 Å². The van der Waals surface area contributed by atoms with E-state index in [9.17, 15) is 9.59 Å². The minimum atomic E-state index is -0.279. The number of rotatable bonds is 3. The first-order chi connectivity index (χ1) is 9.58. The molecule has 0 unspecified atom stereocenters. The maximum atomic E-state index is 12.6. The van der Waals surface area contributed by atoms with Gasteiger partial charge in [-0.3, -0.25) is 9.36 Å². The highest BCUT2D eigenvalue weighted by Gasteiger charge is 2.19. The van der Waals surface area contributed by atoms with Gasteiger partial charge in [0.15, 0.2) is 11.2 Å². The zero-order valence-electron chi connectivity index (χ0n) is 11.6. The monoisotopic (exact) mass is 276 g/mol. The second-order valence-corrected chi connectivity index (χ2v) is 4.59. The van der Waals surface area contributed by atoms with Gasteiger partial charge in [-0.1, -0.05) is 0 Å². The molecule has 3 aromatic rings. The summed E-state index contributed by atoms with van der Waals surface area (Å²) in [6.45, 7) is 6.56. The van der Waals surface area contributed by atoms with Gasteiger partial charge in [0.1, 0.15) is 0 Å². The van der Waals surface area contributed by atoms with Gasteiger partial charge < -0.3 is 10.4 Å². The van der Waals surface area contributed by atoms with Gasteiger partial charge in [0, 0.05) is 25.0 Å². The highest BCUT2D eigenvalue weighted by molar-refractivity contribution is 5.73. The van der Waals surface area contributed by atoms with Crippen LogP contribution < -0.4 is 16.7 Å². The second-order valence-electron chi connectivity index (χ2n) is 4.59. The number of H-pyrrole nitrogens is 1. The van der Waals surface area contributed by atoms with Crippen LogP contribution in [0.2, 0.25) is 0 Å². The molecule has 0 aromatic carbocycles. The zero-order valence-corrected chi connectivity index (χ0v) is 11.6. The van der Waals surface area contributed by atoms with E-state index in [-0.39, 0.29) is 16.8 Å². The predicted octanol–water partition coefficient (Wildman–Crippen LogP) is 0.0307. The topological polar surface area (TPSA) is 89.1 Å². The third-order valence-electron chi connectivity index (χ3n) is 3.24. The molecule has 106 valence electrons. The van der Waals surface area contributed by atoms with Crippen molar-refractivity contribution in [1.82, 2.24) is 23.6 Å². The van der Waals surface area contributed by atoms with Crippen LogP contribution in [0.3, 0.4) is 0 Å². The Morgan fingerprint density at radius 3 is 2.75 bits per heavy atom. The van der Waals surface area contributed by atoms with E-state index in [1.165, 1.54) is 13.6 Å². The molecule has 0 amide bonds. The maximum absolute atomic E-state index is 12.6. The number of nitrogens with one attached hydrogen (secondary N) is 2. The Hall–Kier alpha value is -2.51. The summed E-state index contributed by atoms with van der Waals surface area (Å²) in [4.78, 5) is 32.3. The number of aryl methyl sites for hydroxylation is 2. The molecule has 3 rings (SSSR count). The normalized spacial score (nSPS) is 11.6. The summed E-state index contributed by atoms with van der Waals surface area (Å²) in [7, 11) is 0. The van der Waals surface area contributed by atoms with Gasteiger partial charge in [-0.05, 0) is 20.8 Å². The average molecular weight is 276 g/mol. The third-order valence-corrected chi connectivity index (χ3v) is 3.24. The van der Waals surface area contributed by atoms with Crippen LogP contribution in [0.25, 0.3) is 16.9 Å². The fourth-order valence-corrected chi connectivity index (χ4v) is 2.40. The molecule has 0 fully saturated rings. The average Bonchev–Trinajstić information content (AvgIpc) is 2.90. The SMILES string of the molecule is CCNn1c(=O)n(CC)c2nc3[nH]c(C)cn3c(=O)c21. The summed E-state index contributed by atoms with van der Waals surface area (Å²) < 4.78 is 4.18. The Labute approximate surface area is 113 Å². The molecule has 2 N–H and O–H groups in total. The van der Waals surface area contributed by atoms with Crippen LogP contribution in [0.1, 0.15) is 19.5 Å². The fourth-order valence-electron chi connectivity index (χ4n) is 2.40. The molecule has 0 aliphatic heterocycles. The number of nitrogens with zero attached hydrogens (tertiary/aromatic N) is 4. The minimum absolute atomic E-state index is 0.264. The van der Waals surface area contributed by atoms with Gasteiger partial charge in [-0.25, -0.2) is 9.20 Å². The summed E-state index contributed by atoms with van der Waals surface area (Å²) in [5.41, 5.74) is 3.87. The molecule has 0 spiro atoms. The Kier molecular flexibility index (Phi) is 2.66. The van der Waals surface area contributed by atoms with Gasteiger partial charge in [-0.15, -0.1) is 0 Å². The van der Waals surface area contributed by atoms with E-state index in [0.717, 1.165) is 5.69 Å². The smallest absolute Gasteiger partial charge is 0.328 e. The highest BCUT2D eigenvalue weighted by atomic mass is 16.2. The number of aromatic amines is 1. The number of hydrogen-bond donors (Lipinski definition) is 2. The lowest BCUT2D eigenvalue weighted by Crippen LogP contribution is -2.32. The van der Waals surface area contributed by atoms with Crippen LogP contribution in [0.15, 0.2) is 15.8 Å². The molecular formula is C12H16N6O2. The van der Waals surface area contributed by atoms with Crippen molar-refractivity contribution in [2.24, 2.45) is 0 Å². The summed E-state index contributed by atoms with van der Waals surface area (Å²) in [6.07, 6.45) is 1.67. The standard InChI is InChI=1S/C12H16N6O2/c1-4-13-18-8-9(16(5-2)12(18)20)15-11-14-7(3)6-17(11)10(8)19/h6,13H,4-5H2,1-3H3,(H,14,15). The fraction of sp³-hybridized carbons (Fsp3) is 0.417. The predicted molar refractivity (Wildman–Crippen MR) is 75.9 cm³/mol. The lowest BCUT2D eigenvalue weighted by atomic mass is 10.5. The number of aromatic nitrogens is 5. The van der Waals surface area contributed by atoms with Crippen LogP contribution in [-0.4, -0.2) is 30.2 Å². The lowest BCUT2D eigenvalue weighted by molar-refractivity contribution is 0.704. The van der Waals surface area contributed by atoms with E-state index in [4.69, 9.17) is 0 Å². The molecule has 0 atom stereocenters. The van der Waals surface area contributed by atoms with Crippen molar-refractivity contribution >= 4 is 16.9 Å². The van der Waals surface area contributed by atoms with Crippen LogP contribution in [0, 0.1) is 6.92 Å². The molecule has 3 heterocycles. The van der Waals surface area contributed by atoms with Gasteiger partial charge in [-0.2, -0.15) is 9.66 Å². The molecule has 3 aromatic heterocycles. The Balaban J connectivity index is 2.56. The summed E-state index contributed by atoms with van der Waals surface area (Å²) in [6, 6.07) is 0. The molecule has 0 radical (unpaired) electrons. The number of imidazole rings is 2. The second kappa shape index (κ2) is 4.26. The van der Waals surface area contributed by atoms with Crippen molar-refractivity contribution in [3.8, 4) is 0 Å². The Morgan fingerprint density at radius 1 is 1.35 bits per heavy atom. The van der Waals surface area contributed by atoms with Crippen molar-refractivity contribution < 1.29 is 0 Å². The molecule has 8 heteroatoms. The first-order valence-corrected chi connectivity index (χ1v) is 6.55. The van der Waals surface area contributed by atoms with Gasteiger partial charge >= 0.3 is 5.69 Å². The van der Waals surface area contributed by atoms with Crippen LogP contribution in [0.4, 0.5) is 0 Å². The van der Waals surface area contributed by atoms with E-state index < -0.39 is 0 Å². The quantitative estimate of drug-likeness (QED) is 0.706. The summed E-state index contributed by atoms with van der Waals surface area (Å²) in [5, 5.41) is 0. The van der Waals surface area contributed by atoms with Gasteiger partial charge in [0.25, 0.3) is 5.56 Å². The minimum Gasteiger partial charge on any atom is -0.328 e. The van der Waals surface area contributed by atoms with Gasteiger partial charge in [0.05, 0.1) is 0 Å². The van der Waals surface area contributed by atoms with Crippen molar-refractivity contribution in [1.29, 1.82) is 0 Å². The molecule has 0 aliphatic carbocycles. The van der Waals surface area contributed by atoms with Crippen molar-refractivity contribution in [3.63, 3.8) is 0 Å². The van der Waals surface area contributed by atoms with Crippen molar-refractivity contribution in [2.45, 2.75) is 27.3 Å². The molecular weight excluding hydrogens is 260 g/mol. The number of fused-ring (bicyclic) bond motifs is 2. The first-order valence-electron chi connectivity index (χ1n) is 6.55. The zero-order chi connectivity index (χ0) is 14.4. The molecule has 8 nitrogen and oxygen atoms in total. The third kappa shape index (κ3) is 1.50. The van der Waals surface area contributed by atoms with Crippen molar-refractivity contribution in [3.05, 3.63) is 32.7 Å². The molecule has 0 saturated heterocycles. The van der Waals surface area contributed by atoms with Gasteiger partial charge in [0.2, 0.25) is 5.78 Å². The molecule has 0 bridgehead atoms. The Morgan fingerprint density at radius 2 is 2.10 bits per heavy atom. The summed E-state index contributed by atoms with van der Waals surface area (Å²) in [5.74, 6) is 0.441. The van der Waals surface area contributed by atoms with E-state index >= 15 is 0 Å². The molecule has 0 saturated carbocycles. The first kappa shape index (κ1) is 12.5. The van der Waals surface area contributed by atoms with Crippen LogP contribution in [0.5, 0.6) is 0 Å². The lowest BCUT2D eigenvalue weighted by Gasteiger charge is -2.02. The largest absolute Gasteiger partial charge is 0.349 e. The van der Waals surface area contributed by atoms with E-state index in [2.05, 4.69) is 15.4 Å². The molecule has 0 aliphatic rings. The van der Waals surface area contributed by atoms with Crippen LogP contribution in [-0.2, 0) is 6.54 Å². The van der Waals surface area contributed by atoms with E-state index in [0.29, 0.717) is 24.5 Å². The maximum Gasteiger partial charge on any atom is 0.349 e.